The molecular weight excluding hydrogens is 377 g/mol. The summed E-state index contributed by atoms with van der Waals surface area (Å²) in [5, 5.41) is 0. The largest absolute Gasteiger partial charge is 0.497 e. The normalized spacial score (nSPS) is 22.5. The summed E-state index contributed by atoms with van der Waals surface area (Å²) in [4.78, 5) is 2.36. The number of nitrogens with zero attached hydrogens (tertiary/aromatic N) is 1. The molecule has 154 valence electrons. The van der Waals surface area contributed by atoms with Gasteiger partial charge in [-0.15, -0.1) is 0 Å². The number of hydrazine groups is 1. The second-order valence-electron chi connectivity index (χ2n) is 8.25. The van der Waals surface area contributed by atoms with Crippen molar-refractivity contribution in [2.24, 2.45) is 5.92 Å². The molecule has 2 aliphatic heterocycles. The van der Waals surface area contributed by atoms with Crippen LogP contribution in [0.3, 0.4) is 0 Å². The number of halogens is 1. The summed E-state index contributed by atoms with van der Waals surface area (Å²) in [5.41, 5.74) is 12.7. The lowest BCUT2D eigenvalue weighted by atomic mass is 9.82. The van der Waals surface area contributed by atoms with Gasteiger partial charge in [-0.05, 0) is 53.9 Å². The van der Waals surface area contributed by atoms with Crippen LogP contribution in [-0.4, -0.2) is 13.7 Å². The summed E-state index contributed by atoms with van der Waals surface area (Å²) in [6.07, 6.45) is 0. The van der Waals surface area contributed by atoms with E-state index in [-0.39, 0.29) is 23.8 Å². The zero-order chi connectivity index (χ0) is 20.7. The van der Waals surface area contributed by atoms with E-state index in [1.807, 2.05) is 18.2 Å². The molecule has 3 aromatic rings. The number of fused-ring (bicyclic) bond motifs is 3. The van der Waals surface area contributed by atoms with Crippen LogP contribution in [-0.2, 0) is 6.54 Å². The van der Waals surface area contributed by atoms with E-state index in [4.69, 9.17) is 4.74 Å². The van der Waals surface area contributed by atoms with Gasteiger partial charge in [0, 0.05) is 24.7 Å². The number of anilines is 1. The van der Waals surface area contributed by atoms with Gasteiger partial charge in [-0.2, -0.15) is 0 Å². The van der Waals surface area contributed by atoms with Gasteiger partial charge >= 0.3 is 0 Å². The zero-order valence-corrected chi connectivity index (χ0v) is 17.2. The lowest BCUT2D eigenvalue weighted by Crippen LogP contribution is -2.39. The van der Waals surface area contributed by atoms with Gasteiger partial charge in [0.15, 0.2) is 0 Å². The molecular formula is C25H26FN3O. The van der Waals surface area contributed by atoms with Crippen LogP contribution < -0.4 is 20.5 Å². The quantitative estimate of drug-likeness (QED) is 0.664. The Morgan fingerprint density at radius 2 is 1.80 bits per heavy atom. The topological polar surface area (TPSA) is 36.5 Å². The number of methoxy groups -OCH3 is 1. The standard InChI is InChI=1S/C25H26FN3O/c1-16-6-8-18(9-7-16)24-22-15-29(14-17-4-3-5-20(12-17)30-2)23-11-10-19(26)13-21(23)25(22)28-27-24/h3-13,22,24-25,27-28H,14-15H2,1-2H3. The molecule has 1 fully saturated rings. The molecule has 5 rings (SSSR count). The molecule has 2 aliphatic rings. The van der Waals surface area contributed by atoms with E-state index in [2.05, 4.69) is 59.1 Å². The lowest BCUT2D eigenvalue weighted by Gasteiger charge is -2.39. The highest BCUT2D eigenvalue weighted by Gasteiger charge is 2.43. The minimum atomic E-state index is -0.198. The number of hydrogen-bond acceptors (Lipinski definition) is 4. The molecule has 0 spiro atoms. The lowest BCUT2D eigenvalue weighted by molar-refractivity contribution is 0.399. The molecule has 2 heterocycles. The monoisotopic (exact) mass is 403 g/mol. The van der Waals surface area contributed by atoms with Crippen molar-refractivity contribution in [3.05, 3.63) is 94.8 Å². The number of aryl methyl sites for hydroxylation is 1. The van der Waals surface area contributed by atoms with Gasteiger partial charge in [0.25, 0.3) is 0 Å². The Morgan fingerprint density at radius 1 is 1.00 bits per heavy atom. The van der Waals surface area contributed by atoms with Gasteiger partial charge in [-0.3, -0.25) is 0 Å². The van der Waals surface area contributed by atoms with Gasteiger partial charge in [0.05, 0.1) is 19.2 Å². The molecule has 3 unspecified atom stereocenters. The summed E-state index contributed by atoms with van der Waals surface area (Å²) in [6.45, 7) is 3.72. The first kappa shape index (κ1) is 19.1. The first-order valence-electron chi connectivity index (χ1n) is 10.4. The number of hydrogen-bond donors (Lipinski definition) is 2. The molecule has 0 bridgehead atoms. The van der Waals surface area contributed by atoms with Crippen molar-refractivity contribution in [2.75, 3.05) is 18.6 Å². The minimum Gasteiger partial charge on any atom is -0.497 e. The van der Waals surface area contributed by atoms with Crippen LogP contribution in [0.15, 0.2) is 66.7 Å². The fourth-order valence-electron chi connectivity index (χ4n) is 4.77. The molecule has 30 heavy (non-hydrogen) atoms. The Kier molecular flexibility index (Phi) is 4.93. The van der Waals surface area contributed by atoms with Gasteiger partial charge < -0.3 is 9.64 Å². The molecule has 2 N–H and O–H groups in total. The SMILES string of the molecule is COc1cccc(CN2CC3C(c4ccc(C)cc4)NNC3c3cc(F)ccc32)c1. The van der Waals surface area contributed by atoms with Gasteiger partial charge in [0.2, 0.25) is 0 Å². The molecule has 5 heteroatoms. The molecule has 4 nitrogen and oxygen atoms in total. The Bertz CT molecular complexity index is 1050. The highest BCUT2D eigenvalue weighted by atomic mass is 19.1. The van der Waals surface area contributed by atoms with Crippen LogP contribution in [0.2, 0.25) is 0 Å². The first-order valence-corrected chi connectivity index (χ1v) is 10.4. The number of ether oxygens (including phenoxy) is 1. The predicted octanol–water partition coefficient (Wildman–Crippen LogP) is 4.67. The fourth-order valence-corrected chi connectivity index (χ4v) is 4.77. The second kappa shape index (κ2) is 7.74. The van der Waals surface area contributed by atoms with Gasteiger partial charge in [-0.25, -0.2) is 15.2 Å². The van der Waals surface area contributed by atoms with Gasteiger partial charge in [0.1, 0.15) is 11.6 Å². The smallest absolute Gasteiger partial charge is 0.123 e. The number of nitrogens with one attached hydrogen (secondary N) is 2. The van der Waals surface area contributed by atoms with Crippen LogP contribution in [0, 0.1) is 18.7 Å². The third-order valence-electron chi connectivity index (χ3n) is 6.29. The van der Waals surface area contributed by atoms with Gasteiger partial charge in [-0.1, -0.05) is 42.0 Å². The van der Waals surface area contributed by atoms with E-state index < -0.39 is 0 Å². The van der Waals surface area contributed by atoms with E-state index in [1.165, 1.54) is 16.7 Å². The highest BCUT2D eigenvalue weighted by Crippen LogP contribution is 2.45. The Labute approximate surface area is 176 Å². The molecule has 0 aliphatic carbocycles. The highest BCUT2D eigenvalue weighted by molar-refractivity contribution is 5.59. The van der Waals surface area contributed by atoms with Crippen LogP contribution in [0.4, 0.5) is 10.1 Å². The van der Waals surface area contributed by atoms with Crippen molar-refractivity contribution >= 4 is 5.69 Å². The molecule has 0 radical (unpaired) electrons. The second-order valence-corrected chi connectivity index (χ2v) is 8.25. The summed E-state index contributed by atoms with van der Waals surface area (Å²) >= 11 is 0. The molecule has 1 saturated heterocycles. The summed E-state index contributed by atoms with van der Waals surface area (Å²) in [7, 11) is 1.69. The zero-order valence-electron chi connectivity index (χ0n) is 17.2. The minimum absolute atomic E-state index is 0.0727. The van der Waals surface area contributed by atoms with Crippen molar-refractivity contribution in [1.29, 1.82) is 0 Å². The average molecular weight is 404 g/mol. The fraction of sp³-hybridized carbons (Fsp3) is 0.280. The van der Waals surface area contributed by atoms with E-state index in [9.17, 15) is 4.39 Å². The number of benzene rings is 3. The van der Waals surface area contributed by atoms with E-state index in [1.54, 1.807) is 19.2 Å². The molecule has 0 amide bonds. The average Bonchev–Trinajstić information content (AvgIpc) is 3.18. The van der Waals surface area contributed by atoms with Crippen molar-refractivity contribution < 1.29 is 9.13 Å². The first-order chi connectivity index (χ1) is 14.6. The maximum Gasteiger partial charge on any atom is 0.123 e. The summed E-state index contributed by atoms with van der Waals surface area (Å²) in [5.74, 6) is 0.937. The Balaban J connectivity index is 1.50. The number of rotatable bonds is 4. The maximum absolute atomic E-state index is 14.2. The van der Waals surface area contributed by atoms with E-state index in [0.29, 0.717) is 0 Å². The predicted molar refractivity (Wildman–Crippen MR) is 117 cm³/mol. The molecule has 0 saturated carbocycles. The van der Waals surface area contributed by atoms with E-state index >= 15 is 0 Å². The van der Waals surface area contributed by atoms with Crippen molar-refractivity contribution in [1.82, 2.24) is 10.9 Å². The Hall–Kier alpha value is -2.89. The summed E-state index contributed by atoms with van der Waals surface area (Å²) < 4.78 is 19.6. The maximum atomic E-state index is 14.2. The van der Waals surface area contributed by atoms with Crippen LogP contribution in [0.1, 0.15) is 34.3 Å². The van der Waals surface area contributed by atoms with Crippen LogP contribution >= 0.6 is 0 Å². The van der Waals surface area contributed by atoms with E-state index in [0.717, 1.165) is 30.1 Å². The van der Waals surface area contributed by atoms with Crippen molar-refractivity contribution in [2.45, 2.75) is 25.6 Å². The van der Waals surface area contributed by atoms with Crippen LogP contribution in [0.25, 0.3) is 0 Å². The third kappa shape index (κ3) is 3.44. The molecule has 3 aromatic carbocycles. The Morgan fingerprint density at radius 3 is 2.60 bits per heavy atom. The van der Waals surface area contributed by atoms with Crippen LogP contribution in [0.5, 0.6) is 5.75 Å². The molecule has 3 atom stereocenters. The third-order valence-corrected chi connectivity index (χ3v) is 6.29. The molecule has 0 aromatic heterocycles. The van der Waals surface area contributed by atoms with Crippen molar-refractivity contribution in [3.8, 4) is 5.75 Å². The summed E-state index contributed by atoms with van der Waals surface area (Å²) in [6, 6.07) is 22.2. The van der Waals surface area contributed by atoms with Crippen molar-refractivity contribution in [3.63, 3.8) is 0 Å².